The summed E-state index contributed by atoms with van der Waals surface area (Å²) in [5.74, 6) is 1.15. The fraction of sp³-hybridized carbons (Fsp3) is 0.241. The van der Waals surface area contributed by atoms with Gasteiger partial charge < -0.3 is 20.1 Å². The summed E-state index contributed by atoms with van der Waals surface area (Å²) in [7, 11) is 0. The summed E-state index contributed by atoms with van der Waals surface area (Å²) < 4.78 is 14.4. The molecule has 1 amide bonds. The first-order valence-corrected chi connectivity index (χ1v) is 14.4. The molecule has 1 unspecified atom stereocenters. The largest absolute Gasteiger partial charge is 0.490 e. The van der Waals surface area contributed by atoms with E-state index in [2.05, 4.69) is 42.1 Å². The summed E-state index contributed by atoms with van der Waals surface area (Å²) in [5, 5.41) is 19.3. The molecule has 0 saturated carbocycles. The first-order chi connectivity index (χ1) is 19.7. The number of ether oxygens (including phenoxy) is 2. The number of aryl methyl sites for hydroxylation is 2. The fourth-order valence-corrected chi connectivity index (χ4v) is 5.59. The molecule has 3 aromatic carbocycles. The molecule has 0 bridgehead atoms. The Balaban J connectivity index is 1.52. The van der Waals surface area contributed by atoms with E-state index in [9.17, 15) is 4.79 Å². The first-order valence-electron chi connectivity index (χ1n) is 12.8. The van der Waals surface area contributed by atoms with E-state index in [1.165, 1.54) is 0 Å². The summed E-state index contributed by atoms with van der Waals surface area (Å²) in [6.45, 7) is 8.33. The van der Waals surface area contributed by atoms with Crippen LogP contribution in [0.15, 0.2) is 64.3 Å². The molecule has 0 spiro atoms. The number of aromatic nitrogens is 4. The molecule has 0 fully saturated rings. The van der Waals surface area contributed by atoms with Gasteiger partial charge in [-0.3, -0.25) is 4.79 Å². The standard InChI is InChI=1S/C29H27BrCl2N6O3/c1-5-40-24-13-19(12-20(30)27(24)41-14-18-7-8-21(31)22(32)11-18)26-25(17(4)33-29-35-36-37-38(26)29)28(39)34-23-9-6-15(2)10-16(23)3/h6-13,26H,5,14H2,1-4H3,(H,34,39)(H,33,35,37). The van der Waals surface area contributed by atoms with Gasteiger partial charge in [-0.15, -0.1) is 0 Å². The number of nitrogens with one attached hydrogen (secondary N) is 2. The number of benzene rings is 3. The third-order valence-electron chi connectivity index (χ3n) is 6.60. The molecule has 41 heavy (non-hydrogen) atoms. The lowest BCUT2D eigenvalue weighted by Gasteiger charge is -2.29. The van der Waals surface area contributed by atoms with Gasteiger partial charge in [0.25, 0.3) is 5.91 Å². The Morgan fingerprint density at radius 2 is 1.88 bits per heavy atom. The number of amides is 1. The lowest BCUT2D eigenvalue weighted by atomic mass is 9.94. The molecular formula is C29H27BrCl2N6O3. The van der Waals surface area contributed by atoms with Crippen molar-refractivity contribution < 1.29 is 14.3 Å². The number of carbonyl (C=O) groups is 1. The smallest absolute Gasteiger partial charge is 0.255 e. The van der Waals surface area contributed by atoms with Gasteiger partial charge in [0, 0.05) is 11.4 Å². The van der Waals surface area contributed by atoms with Crippen molar-refractivity contribution in [2.75, 3.05) is 17.2 Å². The molecule has 4 aromatic rings. The summed E-state index contributed by atoms with van der Waals surface area (Å²) >= 11 is 15.9. The molecule has 0 aliphatic carbocycles. The molecule has 5 rings (SSSR count). The number of halogens is 3. The van der Waals surface area contributed by atoms with Crippen LogP contribution in [-0.4, -0.2) is 32.7 Å². The van der Waals surface area contributed by atoms with Gasteiger partial charge in [0.1, 0.15) is 12.6 Å². The monoisotopic (exact) mass is 656 g/mol. The number of anilines is 2. The van der Waals surface area contributed by atoms with Crippen molar-refractivity contribution >= 4 is 56.7 Å². The van der Waals surface area contributed by atoms with Gasteiger partial charge in [-0.1, -0.05) is 52.1 Å². The average molecular weight is 658 g/mol. The van der Waals surface area contributed by atoms with Crippen LogP contribution in [0, 0.1) is 13.8 Å². The lowest BCUT2D eigenvalue weighted by molar-refractivity contribution is -0.113. The Kier molecular flexibility index (Phi) is 8.53. The molecular weight excluding hydrogens is 631 g/mol. The van der Waals surface area contributed by atoms with Crippen molar-refractivity contribution in [2.45, 2.75) is 40.3 Å². The Hall–Kier alpha value is -3.60. The maximum atomic E-state index is 13.8. The molecule has 2 heterocycles. The van der Waals surface area contributed by atoms with Crippen molar-refractivity contribution in [3.63, 3.8) is 0 Å². The molecule has 12 heteroatoms. The van der Waals surface area contributed by atoms with Crippen LogP contribution < -0.4 is 20.1 Å². The average Bonchev–Trinajstić information content (AvgIpc) is 3.39. The van der Waals surface area contributed by atoms with Crippen LogP contribution >= 0.6 is 39.1 Å². The van der Waals surface area contributed by atoms with E-state index in [1.807, 2.05) is 64.1 Å². The van der Waals surface area contributed by atoms with Gasteiger partial charge in [-0.25, -0.2) is 0 Å². The quantitative estimate of drug-likeness (QED) is 0.205. The van der Waals surface area contributed by atoms with Crippen LogP contribution in [0.4, 0.5) is 11.6 Å². The SMILES string of the molecule is CCOc1cc(C2C(C(=O)Nc3ccc(C)cc3C)=C(C)Nc3nnnn32)cc(Br)c1OCc1ccc(Cl)c(Cl)c1. The highest BCUT2D eigenvalue weighted by atomic mass is 79.9. The molecule has 1 aliphatic rings. The molecule has 9 nitrogen and oxygen atoms in total. The summed E-state index contributed by atoms with van der Waals surface area (Å²) in [5.41, 5.74) is 5.47. The predicted octanol–water partition coefficient (Wildman–Crippen LogP) is 7.26. The summed E-state index contributed by atoms with van der Waals surface area (Å²) in [6.07, 6.45) is 0. The molecule has 0 saturated heterocycles. The summed E-state index contributed by atoms with van der Waals surface area (Å²) in [6, 6.07) is 14.3. The topological polar surface area (TPSA) is 103 Å². The molecule has 0 radical (unpaired) electrons. The Bertz CT molecular complexity index is 1670. The third kappa shape index (κ3) is 6.05. The number of nitrogens with zero attached hydrogens (tertiary/aromatic N) is 4. The normalized spacial score (nSPS) is 14.4. The predicted molar refractivity (Wildman–Crippen MR) is 163 cm³/mol. The van der Waals surface area contributed by atoms with Crippen LogP contribution in [-0.2, 0) is 11.4 Å². The van der Waals surface area contributed by atoms with E-state index < -0.39 is 6.04 Å². The van der Waals surface area contributed by atoms with Crippen molar-refractivity contribution in [1.82, 2.24) is 20.2 Å². The number of tetrazole rings is 1. The highest BCUT2D eigenvalue weighted by Crippen LogP contribution is 2.43. The van der Waals surface area contributed by atoms with E-state index >= 15 is 0 Å². The number of carbonyl (C=O) groups excluding carboxylic acids is 1. The zero-order valence-electron chi connectivity index (χ0n) is 22.8. The number of rotatable bonds is 8. The van der Waals surface area contributed by atoms with E-state index in [0.717, 1.165) is 27.9 Å². The van der Waals surface area contributed by atoms with Gasteiger partial charge in [-0.2, -0.15) is 4.68 Å². The second kappa shape index (κ2) is 12.1. The number of hydrogen-bond acceptors (Lipinski definition) is 7. The highest BCUT2D eigenvalue weighted by Gasteiger charge is 2.35. The van der Waals surface area contributed by atoms with Crippen molar-refractivity contribution in [2.24, 2.45) is 0 Å². The molecule has 1 atom stereocenters. The summed E-state index contributed by atoms with van der Waals surface area (Å²) in [4.78, 5) is 13.8. The lowest BCUT2D eigenvalue weighted by Crippen LogP contribution is -2.31. The first kappa shape index (κ1) is 28.9. The molecule has 212 valence electrons. The maximum absolute atomic E-state index is 13.8. The Labute approximate surface area is 256 Å². The molecule has 2 N–H and O–H groups in total. The number of fused-ring (bicyclic) bond motifs is 1. The zero-order chi connectivity index (χ0) is 29.3. The van der Waals surface area contributed by atoms with Gasteiger partial charge >= 0.3 is 0 Å². The van der Waals surface area contributed by atoms with Crippen LogP contribution in [0.5, 0.6) is 11.5 Å². The van der Waals surface area contributed by atoms with E-state index in [-0.39, 0.29) is 12.5 Å². The van der Waals surface area contributed by atoms with Crippen molar-refractivity contribution in [1.29, 1.82) is 0 Å². The van der Waals surface area contributed by atoms with Crippen LogP contribution in [0.25, 0.3) is 0 Å². The fourth-order valence-electron chi connectivity index (χ4n) is 4.69. The minimum Gasteiger partial charge on any atom is -0.490 e. The van der Waals surface area contributed by atoms with E-state index in [0.29, 0.717) is 49.8 Å². The van der Waals surface area contributed by atoms with Gasteiger partial charge in [0.15, 0.2) is 11.5 Å². The van der Waals surface area contributed by atoms with Crippen LogP contribution in [0.3, 0.4) is 0 Å². The molecule has 1 aromatic heterocycles. The third-order valence-corrected chi connectivity index (χ3v) is 7.93. The number of allylic oxidation sites excluding steroid dienone is 1. The van der Waals surface area contributed by atoms with Crippen molar-refractivity contribution in [3.8, 4) is 11.5 Å². The Morgan fingerprint density at radius 3 is 2.61 bits per heavy atom. The van der Waals surface area contributed by atoms with E-state index in [4.69, 9.17) is 32.7 Å². The van der Waals surface area contributed by atoms with Gasteiger partial charge in [0.2, 0.25) is 5.95 Å². The highest BCUT2D eigenvalue weighted by molar-refractivity contribution is 9.10. The maximum Gasteiger partial charge on any atom is 0.255 e. The zero-order valence-corrected chi connectivity index (χ0v) is 25.9. The second-order valence-electron chi connectivity index (χ2n) is 9.59. The van der Waals surface area contributed by atoms with Crippen molar-refractivity contribution in [3.05, 3.63) is 96.6 Å². The Morgan fingerprint density at radius 1 is 1.07 bits per heavy atom. The van der Waals surface area contributed by atoms with Gasteiger partial charge in [-0.05, 0) is 101 Å². The minimum absolute atomic E-state index is 0.238. The minimum atomic E-state index is -0.647. The van der Waals surface area contributed by atoms with Gasteiger partial charge in [0.05, 0.1) is 26.7 Å². The van der Waals surface area contributed by atoms with E-state index in [1.54, 1.807) is 16.8 Å². The number of hydrogen-bond donors (Lipinski definition) is 2. The van der Waals surface area contributed by atoms with Crippen LogP contribution in [0.1, 0.15) is 42.1 Å². The van der Waals surface area contributed by atoms with Crippen LogP contribution in [0.2, 0.25) is 10.0 Å². The second-order valence-corrected chi connectivity index (χ2v) is 11.3. The molecule has 1 aliphatic heterocycles.